The fourth-order valence-electron chi connectivity index (χ4n) is 0.441. The van der Waals surface area contributed by atoms with E-state index in [1.165, 1.54) is 6.92 Å². The molecule has 11 heavy (non-hydrogen) atoms. The van der Waals surface area contributed by atoms with Crippen molar-refractivity contribution >= 4 is 11.9 Å². The largest absolute Gasteiger partial charge is 0.481 e. The summed E-state index contributed by atoms with van der Waals surface area (Å²) in [6.07, 6.45) is -0.0723. The van der Waals surface area contributed by atoms with E-state index in [0.29, 0.717) is 0 Å². The Morgan fingerprint density at radius 2 is 2.18 bits per heavy atom. The number of carbonyl (C=O) groups is 2. The molecule has 0 aliphatic rings. The second-order valence-electron chi connectivity index (χ2n) is 1.77. The van der Waals surface area contributed by atoms with Gasteiger partial charge in [0.2, 0.25) is 0 Å². The Labute approximate surface area is 64.6 Å². The molecule has 0 fully saturated rings. The number of amides is 1. The normalized spacial score (nSPS) is 7.73. The van der Waals surface area contributed by atoms with Gasteiger partial charge in [0, 0.05) is 6.54 Å². The zero-order chi connectivity index (χ0) is 8.69. The Hall–Kier alpha value is -1.50. The molecule has 0 bridgehead atoms. The SMILES string of the molecule is CC#CC(=O)NCCC(=O)O. The molecule has 0 saturated carbocycles. The lowest BCUT2D eigenvalue weighted by atomic mass is 10.4. The van der Waals surface area contributed by atoms with E-state index in [2.05, 4.69) is 17.2 Å². The standard InChI is InChI=1S/C7H9NO3/c1-2-3-6(9)8-5-4-7(10)11/h4-5H2,1H3,(H,8,9)(H,10,11). The zero-order valence-corrected chi connectivity index (χ0v) is 6.18. The number of carboxylic acid groups (broad SMARTS) is 1. The number of carboxylic acids is 1. The first-order valence-electron chi connectivity index (χ1n) is 3.09. The van der Waals surface area contributed by atoms with E-state index in [1.54, 1.807) is 0 Å². The Morgan fingerprint density at radius 3 is 2.64 bits per heavy atom. The van der Waals surface area contributed by atoms with Crippen LogP contribution in [0.25, 0.3) is 0 Å². The summed E-state index contributed by atoms with van der Waals surface area (Å²) < 4.78 is 0. The van der Waals surface area contributed by atoms with Crippen LogP contribution in [0.1, 0.15) is 13.3 Å². The smallest absolute Gasteiger partial charge is 0.305 e. The third-order valence-corrected chi connectivity index (χ3v) is 0.863. The van der Waals surface area contributed by atoms with Gasteiger partial charge in [0.05, 0.1) is 6.42 Å². The molecule has 4 heteroatoms. The Kier molecular flexibility index (Phi) is 4.58. The molecule has 1 amide bonds. The maximum Gasteiger partial charge on any atom is 0.305 e. The van der Waals surface area contributed by atoms with Gasteiger partial charge in [-0.15, -0.1) is 0 Å². The number of rotatable bonds is 3. The van der Waals surface area contributed by atoms with E-state index in [-0.39, 0.29) is 13.0 Å². The Bertz CT molecular complexity index is 211. The molecule has 0 atom stereocenters. The predicted octanol–water partition coefficient (Wildman–Crippen LogP) is -0.399. The molecular formula is C7H9NO3. The van der Waals surface area contributed by atoms with E-state index in [4.69, 9.17) is 5.11 Å². The monoisotopic (exact) mass is 155 g/mol. The summed E-state index contributed by atoms with van der Waals surface area (Å²) in [6, 6.07) is 0. The van der Waals surface area contributed by atoms with Crippen LogP contribution in [0.5, 0.6) is 0 Å². The highest BCUT2D eigenvalue weighted by molar-refractivity contribution is 5.93. The summed E-state index contributed by atoms with van der Waals surface area (Å²) in [7, 11) is 0. The van der Waals surface area contributed by atoms with Gasteiger partial charge in [-0.3, -0.25) is 9.59 Å². The minimum absolute atomic E-state index is 0.0723. The van der Waals surface area contributed by atoms with E-state index in [0.717, 1.165) is 0 Å². The second-order valence-corrected chi connectivity index (χ2v) is 1.77. The van der Waals surface area contributed by atoms with Gasteiger partial charge in [0.15, 0.2) is 0 Å². The molecule has 0 aromatic rings. The third-order valence-electron chi connectivity index (χ3n) is 0.863. The fraction of sp³-hybridized carbons (Fsp3) is 0.429. The van der Waals surface area contributed by atoms with Gasteiger partial charge in [-0.1, -0.05) is 5.92 Å². The van der Waals surface area contributed by atoms with Gasteiger partial charge in [0.25, 0.3) is 5.91 Å². The molecule has 0 rings (SSSR count). The quantitative estimate of drug-likeness (QED) is 0.545. The summed E-state index contributed by atoms with van der Waals surface area (Å²) in [4.78, 5) is 20.5. The highest BCUT2D eigenvalue weighted by Gasteiger charge is 1.97. The van der Waals surface area contributed by atoms with Crippen LogP contribution < -0.4 is 5.32 Å². The lowest BCUT2D eigenvalue weighted by molar-refractivity contribution is -0.136. The zero-order valence-electron chi connectivity index (χ0n) is 6.18. The maximum absolute atomic E-state index is 10.5. The molecule has 0 saturated heterocycles. The molecule has 4 nitrogen and oxygen atoms in total. The Balaban J connectivity index is 3.44. The molecule has 0 aliphatic heterocycles. The van der Waals surface area contributed by atoms with Gasteiger partial charge in [-0.25, -0.2) is 0 Å². The van der Waals surface area contributed by atoms with E-state index in [1.807, 2.05) is 0 Å². The van der Waals surface area contributed by atoms with Crippen LogP contribution in [0.2, 0.25) is 0 Å². The van der Waals surface area contributed by atoms with Crippen LogP contribution in [0.3, 0.4) is 0 Å². The minimum Gasteiger partial charge on any atom is -0.481 e. The van der Waals surface area contributed by atoms with Crippen LogP contribution in [0.15, 0.2) is 0 Å². The van der Waals surface area contributed by atoms with Crippen molar-refractivity contribution in [3.8, 4) is 11.8 Å². The summed E-state index contributed by atoms with van der Waals surface area (Å²) in [6.45, 7) is 1.67. The van der Waals surface area contributed by atoms with E-state index < -0.39 is 11.9 Å². The van der Waals surface area contributed by atoms with Crippen LogP contribution >= 0.6 is 0 Å². The van der Waals surface area contributed by atoms with Crippen LogP contribution in [0.4, 0.5) is 0 Å². The number of aliphatic carboxylic acids is 1. The summed E-state index contributed by atoms with van der Waals surface area (Å²) in [5, 5.41) is 10.5. The first-order valence-corrected chi connectivity index (χ1v) is 3.09. The molecule has 0 spiro atoms. The molecule has 0 aromatic heterocycles. The van der Waals surface area contributed by atoms with Gasteiger partial charge in [0.1, 0.15) is 0 Å². The molecule has 0 aliphatic carbocycles. The van der Waals surface area contributed by atoms with Crippen molar-refractivity contribution in [3.63, 3.8) is 0 Å². The molecule has 0 heterocycles. The number of carbonyl (C=O) groups excluding carboxylic acids is 1. The molecular weight excluding hydrogens is 146 g/mol. The van der Waals surface area contributed by atoms with Gasteiger partial charge < -0.3 is 10.4 Å². The van der Waals surface area contributed by atoms with E-state index in [9.17, 15) is 9.59 Å². The van der Waals surface area contributed by atoms with E-state index >= 15 is 0 Å². The Morgan fingerprint density at radius 1 is 1.55 bits per heavy atom. The second kappa shape index (κ2) is 5.30. The highest BCUT2D eigenvalue weighted by Crippen LogP contribution is 1.74. The molecule has 60 valence electrons. The van der Waals surface area contributed by atoms with Crippen molar-refractivity contribution in [1.29, 1.82) is 0 Å². The highest BCUT2D eigenvalue weighted by atomic mass is 16.4. The molecule has 2 N–H and O–H groups in total. The van der Waals surface area contributed by atoms with Crippen molar-refractivity contribution in [1.82, 2.24) is 5.32 Å². The predicted molar refractivity (Wildman–Crippen MR) is 38.7 cm³/mol. The summed E-state index contributed by atoms with van der Waals surface area (Å²) in [5.74, 6) is 3.25. The van der Waals surface area contributed by atoms with Crippen LogP contribution in [-0.4, -0.2) is 23.5 Å². The van der Waals surface area contributed by atoms with Crippen molar-refractivity contribution in [2.24, 2.45) is 0 Å². The number of nitrogens with one attached hydrogen (secondary N) is 1. The minimum atomic E-state index is -0.935. The molecule has 0 unspecified atom stereocenters. The summed E-state index contributed by atoms with van der Waals surface area (Å²) >= 11 is 0. The lowest BCUT2D eigenvalue weighted by Crippen LogP contribution is -2.24. The van der Waals surface area contributed by atoms with Gasteiger partial charge >= 0.3 is 5.97 Å². The average Bonchev–Trinajstić information content (AvgIpc) is 1.87. The molecule has 0 aromatic carbocycles. The first-order chi connectivity index (χ1) is 5.16. The van der Waals surface area contributed by atoms with Gasteiger partial charge in [-0.05, 0) is 12.8 Å². The van der Waals surface area contributed by atoms with Crippen molar-refractivity contribution in [3.05, 3.63) is 0 Å². The maximum atomic E-state index is 10.5. The average molecular weight is 155 g/mol. The third kappa shape index (κ3) is 6.38. The van der Waals surface area contributed by atoms with Crippen molar-refractivity contribution in [2.75, 3.05) is 6.54 Å². The van der Waals surface area contributed by atoms with Crippen LogP contribution in [-0.2, 0) is 9.59 Å². The van der Waals surface area contributed by atoms with Gasteiger partial charge in [-0.2, -0.15) is 0 Å². The number of hydrogen-bond donors (Lipinski definition) is 2. The topological polar surface area (TPSA) is 66.4 Å². The lowest BCUT2D eigenvalue weighted by Gasteiger charge is -1.95. The first kappa shape index (κ1) is 9.50. The number of hydrogen-bond acceptors (Lipinski definition) is 2. The summed E-state index contributed by atoms with van der Waals surface area (Å²) in [5.41, 5.74) is 0. The fourth-order valence-corrected chi connectivity index (χ4v) is 0.441. The van der Waals surface area contributed by atoms with Crippen molar-refractivity contribution in [2.45, 2.75) is 13.3 Å². The van der Waals surface area contributed by atoms with Crippen LogP contribution in [0, 0.1) is 11.8 Å². The molecule has 0 radical (unpaired) electrons. The van der Waals surface area contributed by atoms with Crippen molar-refractivity contribution < 1.29 is 14.7 Å².